The molecular weight excluding hydrogens is 380 g/mol. The summed E-state index contributed by atoms with van der Waals surface area (Å²) in [5.74, 6) is 0.855. The van der Waals surface area contributed by atoms with Crippen LogP contribution in [0.1, 0.15) is 31.8 Å². The van der Waals surface area contributed by atoms with E-state index in [-0.39, 0.29) is 5.78 Å². The summed E-state index contributed by atoms with van der Waals surface area (Å²) in [6.45, 7) is 1.95. The predicted molar refractivity (Wildman–Crippen MR) is 115 cm³/mol. The second kappa shape index (κ2) is 9.56. The van der Waals surface area contributed by atoms with Gasteiger partial charge >= 0.3 is 5.97 Å². The van der Waals surface area contributed by atoms with Crippen molar-refractivity contribution in [2.45, 2.75) is 6.92 Å². The summed E-state index contributed by atoms with van der Waals surface area (Å²) in [5, 5.41) is 0. The second-order valence-corrected chi connectivity index (χ2v) is 6.59. The van der Waals surface area contributed by atoms with Gasteiger partial charge in [-0.05, 0) is 61.0 Å². The zero-order valence-corrected chi connectivity index (χ0v) is 17.0. The maximum atomic E-state index is 12.6. The van der Waals surface area contributed by atoms with Crippen LogP contribution in [0.15, 0.2) is 72.8 Å². The smallest absolute Gasteiger partial charge is 0.343 e. The standard InChI is InChI=1S/C25H22O5/c1-17-4-9-19(10-5-17)25(27)30-20-11-6-18(7-12-20)8-14-23(26)22-16-21(28-2)13-15-24(22)29-3/h4-16H,1-3H3/b14-8+. The Morgan fingerprint density at radius 2 is 1.47 bits per heavy atom. The summed E-state index contributed by atoms with van der Waals surface area (Å²) in [4.78, 5) is 24.8. The summed E-state index contributed by atoms with van der Waals surface area (Å²) < 4.78 is 15.8. The minimum atomic E-state index is -0.418. The molecule has 0 bridgehead atoms. The molecule has 30 heavy (non-hydrogen) atoms. The van der Waals surface area contributed by atoms with Crippen LogP contribution in [0.3, 0.4) is 0 Å². The summed E-state index contributed by atoms with van der Waals surface area (Å²) in [7, 11) is 3.05. The van der Waals surface area contributed by atoms with E-state index >= 15 is 0 Å². The number of rotatable bonds is 7. The highest BCUT2D eigenvalue weighted by Gasteiger charge is 2.11. The van der Waals surface area contributed by atoms with E-state index < -0.39 is 5.97 Å². The van der Waals surface area contributed by atoms with Crippen LogP contribution in [0.2, 0.25) is 0 Å². The third kappa shape index (κ3) is 5.14. The van der Waals surface area contributed by atoms with Gasteiger partial charge in [0.15, 0.2) is 5.78 Å². The molecule has 0 spiro atoms. The van der Waals surface area contributed by atoms with Crippen molar-refractivity contribution in [3.05, 3.63) is 95.1 Å². The first kappa shape index (κ1) is 20.9. The van der Waals surface area contributed by atoms with Gasteiger partial charge in [0.1, 0.15) is 17.2 Å². The van der Waals surface area contributed by atoms with Gasteiger partial charge in [0.25, 0.3) is 0 Å². The lowest BCUT2D eigenvalue weighted by Gasteiger charge is -2.08. The fourth-order valence-electron chi connectivity index (χ4n) is 2.77. The largest absolute Gasteiger partial charge is 0.497 e. The summed E-state index contributed by atoms with van der Waals surface area (Å²) in [5.41, 5.74) is 2.77. The van der Waals surface area contributed by atoms with E-state index in [2.05, 4.69) is 0 Å². The van der Waals surface area contributed by atoms with Gasteiger partial charge in [-0.15, -0.1) is 0 Å². The van der Waals surface area contributed by atoms with Crippen molar-refractivity contribution in [3.63, 3.8) is 0 Å². The van der Waals surface area contributed by atoms with Crippen molar-refractivity contribution >= 4 is 17.8 Å². The van der Waals surface area contributed by atoms with Crippen LogP contribution in [-0.2, 0) is 0 Å². The topological polar surface area (TPSA) is 61.8 Å². The van der Waals surface area contributed by atoms with Gasteiger partial charge in [-0.1, -0.05) is 35.9 Å². The molecule has 5 heteroatoms. The Morgan fingerprint density at radius 1 is 0.800 bits per heavy atom. The Morgan fingerprint density at radius 3 is 2.10 bits per heavy atom. The van der Waals surface area contributed by atoms with Crippen molar-refractivity contribution in [1.82, 2.24) is 0 Å². The van der Waals surface area contributed by atoms with Crippen LogP contribution in [0.4, 0.5) is 0 Å². The first-order chi connectivity index (χ1) is 14.5. The van der Waals surface area contributed by atoms with E-state index in [1.165, 1.54) is 13.2 Å². The first-order valence-electron chi connectivity index (χ1n) is 9.33. The van der Waals surface area contributed by atoms with E-state index in [0.29, 0.717) is 28.4 Å². The van der Waals surface area contributed by atoms with Crippen LogP contribution >= 0.6 is 0 Å². The molecule has 0 aliphatic carbocycles. The molecule has 3 aromatic rings. The summed E-state index contributed by atoms with van der Waals surface area (Å²) in [6, 6.07) is 19.1. The fraction of sp³-hybridized carbons (Fsp3) is 0.120. The molecule has 0 saturated heterocycles. The van der Waals surface area contributed by atoms with E-state index in [0.717, 1.165) is 11.1 Å². The van der Waals surface area contributed by atoms with Crippen molar-refractivity contribution < 1.29 is 23.8 Å². The number of aryl methyl sites for hydroxylation is 1. The number of ketones is 1. The number of carbonyl (C=O) groups excluding carboxylic acids is 2. The number of carbonyl (C=O) groups is 2. The number of hydrogen-bond acceptors (Lipinski definition) is 5. The van der Waals surface area contributed by atoms with Gasteiger partial charge < -0.3 is 14.2 Å². The van der Waals surface area contributed by atoms with Gasteiger partial charge in [0.05, 0.1) is 25.3 Å². The molecule has 3 aromatic carbocycles. The number of benzene rings is 3. The van der Waals surface area contributed by atoms with Crippen molar-refractivity contribution in [3.8, 4) is 17.2 Å². The predicted octanol–water partition coefficient (Wildman–Crippen LogP) is 5.13. The van der Waals surface area contributed by atoms with Gasteiger partial charge in [-0.2, -0.15) is 0 Å². The number of hydrogen-bond donors (Lipinski definition) is 0. The van der Waals surface area contributed by atoms with Crippen LogP contribution in [-0.4, -0.2) is 26.0 Å². The monoisotopic (exact) mass is 402 g/mol. The Bertz CT molecular complexity index is 1060. The molecule has 0 saturated carbocycles. The summed E-state index contributed by atoms with van der Waals surface area (Å²) >= 11 is 0. The van der Waals surface area contributed by atoms with Crippen LogP contribution in [0, 0.1) is 6.92 Å². The average molecular weight is 402 g/mol. The number of esters is 1. The fourth-order valence-corrected chi connectivity index (χ4v) is 2.77. The zero-order chi connectivity index (χ0) is 21.5. The highest BCUT2D eigenvalue weighted by Crippen LogP contribution is 2.25. The van der Waals surface area contributed by atoms with E-state index in [1.54, 1.807) is 67.8 Å². The highest BCUT2D eigenvalue weighted by molar-refractivity contribution is 6.08. The maximum absolute atomic E-state index is 12.6. The second-order valence-electron chi connectivity index (χ2n) is 6.59. The number of ether oxygens (including phenoxy) is 3. The molecular formula is C25H22O5. The number of methoxy groups -OCH3 is 2. The average Bonchev–Trinajstić information content (AvgIpc) is 2.78. The molecule has 0 N–H and O–H groups in total. The van der Waals surface area contributed by atoms with Gasteiger partial charge in [-0.25, -0.2) is 4.79 Å². The first-order valence-corrected chi connectivity index (χ1v) is 9.33. The molecule has 0 fully saturated rings. The zero-order valence-electron chi connectivity index (χ0n) is 17.0. The Balaban J connectivity index is 1.68. The molecule has 0 amide bonds. The Labute approximate surface area is 175 Å². The van der Waals surface area contributed by atoms with Crippen LogP contribution in [0.25, 0.3) is 6.08 Å². The Hall–Kier alpha value is -3.86. The molecule has 5 nitrogen and oxygen atoms in total. The molecule has 0 unspecified atom stereocenters. The molecule has 0 atom stereocenters. The number of allylic oxidation sites excluding steroid dienone is 1. The van der Waals surface area contributed by atoms with Crippen LogP contribution < -0.4 is 14.2 Å². The van der Waals surface area contributed by atoms with E-state index in [9.17, 15) is 9.59 Å². The van der Waals surface area contributed by atoms with Crippen molar-refractivity contribution in [2.24, 2.45) is 0 Å². The molecule has 3 rings (SSSR count). The van der Waals surface area contributed by atoms with Gasteiger partial charge in [0, 0.05) is 0 Å². The quantitative estimate of drug-likeness (QED) is 0.237. The van der Waals surface area contributed by atoms with Gasteiger partial charge in [-0.3, -0.25) is 4.79 Å². The third-order valence-corrected chi connectivity index (χ3v) is 4.48. The SMILES string of the molecule is COc1ccc(OC)c(C(=O)/C=C/c2ccc(OC(=O)c3ccc(C)cc3)cc2)c1. The normalized spacial score (nSPS) is 10.6. The molecule has 0 radical (unpaired) electrons. The molecule has 0 aromatic heterocycles. The summed E-state index contributed by atoms with van der Waals surface area (Å²) in [6.07, 6.45) is 3.15. The van der Waals surface area contributed by atoms with Crippen molar-refractivity contribution in [2.75, 3.05) is 14.2 Å². The lowest BCUT2D eigenvalue weighted by atomic mass is 10.1. The minimum absolute atomic E-state index is 0.208. The van der Waals surface area contributed by atoms with Crippen LogP contribution in [0.5, 0.6) is 17.2 Å². The van der Waals surface area contributed by atoms with Gasteiger partial charge in [0.2, 0.25) is 0 Å². The Kier molecular flexibility index (Phi) is 6.65. The van der Waals surface area contributed by atoms with E-state index in [1.807, 2.05) is 19.1 Å². The minimum Gasteiger partial charge on any atom is -0.497 e. The maximum Gasteiger partial charge on any atom is 0.343 e. The molecule has 0 aliphatic rings. The lowest BCUT2D eigenvalue weighted by molar-refractivity contribution is 0.0734. The van der Waals surface area contributed by atoms with E-state index in [4.69, 9.17) is 14.2 Å². The molecule has 152 valence electrons. The van der Waals surface area contributed by atoms with Crippen molar-refractivity contribution in [1.29, 1.82) is 0 Å². The lowest BCUT2D eigenvalue weighted by Crippen LogP contribution is -2.08. The molecule has 0 heterocycles. The molecule has 0 aliphatic heterocycles. The highest BCUT2D eigenvalue weighted by atomic mass is 16.5. The third-order valence-electron chi connectivity index (χ3n) is 4.48.